The van der Waals surface area contributed by atoms with E-state index in [0.29, 0.717) is 11.7 Å². The Hall–Kier alpha value is -0.330. The third kappa shape index (κ3) is 11.2. The van der Waals surface area contributed by atoms with Gasteiger partial charge < -0.3 is 0 Å². The lowest BCUT2D eigenvalue weighted by molar-refractivity contribution is -0.120. The molecule has 1 nitrogen and oxygen atoms in total. The summed E-state index contributed by atoms with van der Waals surface area (Å²) in [5.41, 5.74) is 0.259. The van der Waals surface area contributed by atoms with Gasteiger partial charge in [-0.3, -0.25) is 4.79 Å². The topological polar surface area (TPSA) is 17.1 Å². The van der Waals surface area contributed by atoms with Gasteiger partial charge in [-0.2, -0.15) is 0 Å². The van der Waals surface area contributed by atoms with Gasteiger partial charge in [0.2, 0.25) is 0 Å². The van der Waals surface area contributed by atoms with Crippen LogP contribution >= 0.6 is 0 Å². The molecule has 0 heterocycles. The summed E-state index contributed by atoms with van der Waals surface area (Å²) in [7, 11) is 0. The van der Waals surface area contributed by atoms with Gasteiger partial charge in [0.1, 0.15) is 5.78 Å². The summed E-state index contributed by atoms with van der Waals surface area (Å²) in [6.45, 7) is 11.1. The first-order valence-corrected chi connectivity index (χ1v) is 8.39. The Labute approximate surface area is 121 Å². The summed E-state index contributed by atoms with van der Waals surface area (Å²) in [6, 6.07) is 0. The molecular weight excluding hydrogens is 232 g/mol. The van der Waals surface area contributed by atoms with Crippen LogP contribution in [0.5, 0.6) is 0 Å². The first-order chi connectivity index (χ1) is 8.88. The van der Waals surface area contributed by atoms with Gasteiger partial charge in [-0.1, -0.05) is 79.6 Å². The zero-order valence-electron chi connectivity index (χ0n) is 14.1. The molecule has 0 aliphatic heterocycles. The molecule has 0 aliphatic carbocycles. The van der Waals surface area contributed by atoms with E-state index in [1.54, 1.807) is 0 Å². The number of carbonyl (C=O) groups is 1. The summed E-state index contributed by atoms with van der Waals surface area (Å²) >= 11 is 0. The minimum atomic E-state index is 0.259. The zero-order valence-corrected chi connectivity index (χ0v) is 14.1. The molecule has 114 valence electrons. The Morgan fingerprint density at radius 3 is 1.84 bits per heavy atom. The second-order valence-electron chi connectivity index (χ2n) is 7.23. The maximum atomic E-state index is 11.9. The van der Waals surface area contributed by atoms with Crippen LogP contribution in [-0.2, 0) is 4.79 Å². The second kappa shape index (κ2) is 10.5. The molecule has 0 N–H and O–H groups in total. The van der Waals surface area contributed by atoms with Gasteiger partial charge in [0.05, 0.1) is 0 Å². The molecule has 1 unspecified atom stereocenters. The highest BCUT2D eigenvalue weighted by Gasteiger charge is 2.22. The number of hydrogen-bond donors (Lipinski definition) is 0. The number of carbonyl (C=O) groups excluding carboxylic acids is 1. The molecule has 0 bridgehead atoms. The minimum absolute atomic E-state index is 0.259. The summed E-state index contributed by atoms with van der Waals surface area (Å²) in [6.07, 6.45) is 12.0. The first kappa shape index (κ1) is 18.7. The van der Waals surface area contributed by atoms with Crippen LogP contribution in [0.2, 0.25) is 0 Å². The predicted octanol–water partition coefficient (Wildman–Crippen LogP) is 6.16. The first-order valence-electron chi connectivity index (χ1n) is 8.39. The standard InChI is InChI=1S/C18H36O/c1-6-7-8-9-10-11-12-13-14-17(19)15-16(2)18(3,4)5/h16H,6-15H2,1-5H3. The lowest BCUT2D eigenvalue weighted by atomic mass is 9.79. The van der Waals surface area contributed by atoms with Crippen molar-refractivity contribution < 1.29 is 4.79 Å². The van der Waals surface area contributed by atoms with E-state index in [0.717, 1.165) is 19.3 Å². The van der Waals surface area contributed by atoms with Gasteiger partial charge in [0.15, 0.2) is 0 Å². The fourth-order valence-electron chi connectivity index (χ4n) is 2.21. The summed E-state index contributed by atoms with van der Waals surface area (Å²) < 4.78 is 0. The van der Waals surface area contributed by atoms with Gasteiger partial charge >= 0.3 is 0 Å². The monoisotopic (exact) mass is 268 g/mol. The third-order valence-corrected chi connectivity index (χ3v) is 4.32. The normalized spacial score (nSPS) is 13.5. The number of hydrogen-bond acceptors (Lipinski definition) is 1. The average molecular weight is 268 g/mol. The molecule has 0 amide bonds. The molecule has 0 radical (unpaired) electrons. The lowest BCUT2D eigenvalue weighted by Crippen LogP contribution is -2.20. The molecule has 1 heteroatoms. The molecular formula is C18H36O. The SMILES string of the molecule is CCCCCCCCCCC(=O)CC(C)C(C)(C)C. The fraction of sp³-hybridized carbons (Fsp3) is 0.944. The molecule has 0 aromatic carbocycles. The Morgan fingerprint density at radius 1 is 0.895 bits per heavy atom. The van der Waals surface area contributed by atoms with Gasteiger partial charge in [-0.15, -0.1) is 0 Å². The van der Waals surface area contributed by atoms with Crippen molar-refractivity contribution in [2.75, 3.05) is 0 Å². The van der Waals surface area contributed by atoms with E-state index in [1.165, 1.54) is 44.9 Å². The quantitative estimate of drug-likeness (QED) is 0.410. The van der Waals surface area contributed by atoms with Crippen LogP contribution < -0.4 is 0 Å². The molecule has 0 saturated carbocycles. The minimum Gasteiger partial charge on any atom is -0.300 e. The molecule has 0 spiro atoms. The third-order valence-electron chi connectivity index (χ3n) is 4.32. The maximum absolute atomic E-state index is 11.9. The van der Waals surface area contributed by atoms with Crippen molar-refractivity contribution in [1.29, 1.82) is 0 Å². The van der Waals surface area contributed by atoms with Crippen LogP contribution in [0.3, 0.4) is 0 Å². The van der Waals surface area contributed by atoms with Crippen LogP contribution in [-0.4, -0.2) is 5.78 Å². The Kier molecular flexibility index (Phi) is 10.3. The Balaban J connectivity index is 3.44. The van der Waals surface area contributed by atoms with E-state index < -0.39 is 0 Å². The molecule has 0 rings (SSSR count). The predicted molar refractivity (Wildman–Crippen MR) is 85.5 cm³/mol. The molecule has 19 heavy (non-hydrogen) atoms. The van der Waals surface area contributed by atoms with Crippen molar-refractivity contribution in [1.82, 2.24) is 0 Å². The van der Waals surface area contributed by atoms with E-state index in [4.69, 9.17) is 0 Å². The summed E-state index contributed by atoms with van der Waals surface area (Å²) in [5.74, 6) is 0.961. The number of Topliss-reactive ketones (excluding diaryl/α,β-unsaturated/α-hetero) is 1. The smallest absolute Gasteiger partial charge is 0.133 e. The van der Waals surface area contributed by atoms with Crippen LogP contribution in [0, 0.1) is 11.3 Å². The van der Waals surface area contributed by atoms with Crippen molar-refractivity contribution in [3.63, 3.8) is 0 Å². The van der Waals surface area contributed by atoms with Crippen molar-refractivity contribution in [3.05, 3.63) is 0 Å². The molecule has 0 aliphatic rings. The van der Waals surface area contributed by atoms with Crippen LogP contribution in [0.25, 0.3) is 0 Å². The largest absolute Gasteiger partial charge is 0.300 e. The van der Waals surface area contributed by atoms with E-state index in [-0.39, 0.29) is 5.41 Å². The fourth-order valence-corrected chi connectivity index (χ4v) is 2.21. The van der Waals surface area contributed by atoms with Gasteiger partial charge in [0, 0.05) is 12.8 Å². The number of rotatable bonds is 11. The van der Waals surface area contributed by atoms with Gasteiger partial charge in [-0.25, -0.2) is 0 Å². The van der Waals surface area contributed by atoms with E-state index in [1.807, 2.05) is 0 Å². The van der Waals surface area contributed by atoms with Crippen LogP contribution in [0.1, 0.15) is 98.8 Å². The maximum Gasteiger partial charge on any atom is 0.133 e. The zero-order chi connectivity index (χ0) is 14.7. The highest BCUT2D eigenvalue weighted by Crippen LogP contribution is 2.28. The Bertz CT molecular complexity index is 224. The van der Waals surface area contributed by atoms with Gasteiger partial charge in [-0.05, 0) is 17.8 Å². The van der Waals surface area contributed by atoms with E-state index in [2.05, 4.69) is 34.6 Å². The summed E-state index contributed by atoms with van der Waals surface area (Å²) in [4.78, 5) is 11.9. The number of unbranched alkanes of at least 4 members (excludes halogenated alkanes) is 7. The van der Waals surface area contributed by atoms with E-state index in [9.17, 15) is 4.79 Å². The summed E-state index contributed by atoms with van der Waals surface area (Å²) in [5, 5.41) is 0. The van der Waals surface area contributed by atoms with Crippen molar-refractivity contribution >= 4 is 5.78 Å². The molecule has 0 saturated heterocycles. The van der Waals surface area contributed by atoms with Crippen molar-refractivity contribution in [2.45, 2.75) is 98.8 Å². The van der Waals surface area contributed by atoms with Crippen LogP contribution in [0.4, 0.5) is 0 Å². The molecule has 0 aromatic heterocycles. The van der Waals surface area contributed by atoms with Gasteiger partial charge in [0.25, 0.3) is 0 Å². The average Bonchev–Trinajstić information content (AvgIpc) is 2.31. The molecule has 0 aromatic rings. The van der Waals surface area contributed by atoms with Crippen molar-refractivity contribution in [3.8, 4) is 0 Å². The number of ketones is 1. The van der Waals surface area contributed by atoms with E-state index >= 15 is 0 Å². The highest BCUT2D eigenvalue weighted by atomic mass is 16.1. The highest BCUT2D eigenvalue weighted by molar-refractivity contribution is 5.78. The van der Waals surface area contributed by atoms with Crippen molar-refractivity contribution in [2.24, 2.45) is 11.3 Å². The molecule has 1 atom stereocenters. The Morgan fingerprint density at radius 2 is 1.37 bits per heavy atom. The second-order valence-corrected chi connectivity index (χ2v) is 7.23. The molecule has 0 fully saturated rings. The lowest BCUT2D eigenvalue weighted by Gasteiger charge is -2.26. The van der Waals surface area contributed by atoms with Crippen LogP contribution in [0.15, 0.2) is 0 Å².